The summed E-state index contributed by atoms with van der Waals surface area (Å²) >= 11 is 0. The minimum Gasteiger partial charge on any atom is -0.475 e. The molecule has 0 aliphatic carbocycles. The number of carboxylic acid groups (broad SMARTS) is 1. The van der Waals surface area contributed by atoms with Crippen molar-refractivity contribution in [2.45, 2.75) is 69.4 Å². The number of carbonyl (C=O) groups excluding carboxylic acids is 1. The molecule has 12 nitrogen and oxygen atoms in total. The van der Waals surface area contributed by atoms with E-state index < -0.39 is 17.7 Å². The molecule has 6 aliphatic rings. The summed E-state index contributed by atoms with van der Waals surface area (Å²) in [5, 5.41) is 10.5. The lowest BCUT2D eigenvalue weighted by Crippen LogP contribution is -2.71. The number of morpholine rings is 2. The second kappa shape index (κ2) is 16.5. The highest BCUT2D eigenvalue weighted by Gasteiger charge is 2.50. The van der Waals surface area contributed by atoms with E-state index in [-0.39, 0.29) is 17.3 Å². The van der Waals surface area contributed by atoms with E-state index in [1.807, 2.05) is 20.8 Å². The molecule has 0 atom stereocenters. The smallest absolute Gasteiger partial charge is 0.475 e. The van der Waals surface area contributed by atoms with Crippen molar-refractivity contribution in [3.63, 3.8) is 0 Å². The largest absolute Gasteiger partial charge is 0.490 e. The summed E-state index contributed by atoms with van der Waals surface area (Å²) in [6.07, 6.45) is 0.0396. The van der Waals surface area contributed by atoms with Gasteiger partial charge in [-0.25, -0.2) is 9.59 Å². The molecule has 0 aromatic rings. The topological polar surface area (TPSA) is 110 Å². The van der Waals surface area contributed by atoms with Gasteiger partial charge in [-0.05, 0) is 98.6 Å². The first kappa shape index (κ1) is 39.0. The predicted molar refractivity (Wildman–Crippen MR) is 175 cm³/mol. The highest BCUT2D eigenvalue weighted by molar-refractivity contribution is 5.73. The summed E-state index contributed by atoms with van der Waals surface area (Å²) in [4.78, 5) is 32.8. The fourth-order valence-electron chi connectivity index (χ4n) is 7.29. The van der Waals surface area contributed by atoms with Crippen LogP contribution in [-0.2, 0) is 19.0 Å². The van der Waals surface area contributed by atoms with E-state index in [0.717, 1.165) is 64.3 Å². The maximum Gasteiger partial charge on any atom is 0.490 e. The Bertz CT molecular complexity index is 1040. The first-order valence-electron chi connectivity index (χ1n) is 17.5. The van der Waals surface area contributed by atoms with Crippen molar-refractivity contribution in [3.8, 4) is 0 Å². The second-order valence-electron chi connectivity index (χ2n) is 15.8. The zero-order valence-corrected chi connectivity index (χ0v) is 29.7. The number of aliphatic carboxylic acids is 1. The van der Waals surface area contributed by atoms with Gasteiger partial charge in [-0.2, -0.15) is 13.2 Å². The number of alkyl halides is 3. The standard InChI is InChI=1S/C18H33N3O3.C13H25N3O.C2HF3O2/c1-17(2,3)24-16(22)21-13-18(14-21)12-20(9-10-23-18)11-15-5-7-19(4)8-6-15;1-15-4-2-12(3-5-15)8-16-6-7-17-13(11-16)9-14-10-13;3-2(4,5)1(6)7/h15H,5-14H2,1-4H3;12,14H,2-11H2,1H3;(H,6,7). The summed E-state index contributed by atoms with van der Waals surface area (Å²) in [7, 11) is 4.44. The summed E-state index contributed by atoms with van der Waals surface area (Å²) < 4.78 is 49.2. The van der Waals surface area contributed by atoms with Crippen LogP contribution in [0.1, 0.15) is 46.5 Å². The third kappa shape index (κ3) is 11.9. The van der Waals surface area contributed by atoms with Crippen LogP contribution in [0.2, 0.25) is 0 Å². The molecule has 0 saturated carbocycles. The first-order valence-corrected chi connectivity index (χ1v) is 17.5. The Morgan fingerprint density at radius 1 is 0.771 bits per heavy atom. The molecule has 6 heterocycles. The van der Waals surface area contributed by atoms with Crippen LogP contribution in [0, 0.1) is 11.8 Å². The second-order valence-corrected chi connectivity index (χ2v) is 15.8. The van der Waals surface area contributed by atoms with Crippen LogP contribution in [-0.4, -0.2) is 184 Å². The number of hydrogen-bond donors (Lipinski definition) is 2. The van der Waals surface area contributed by atoms with Crippen LogP contribution in [0.3, 0.4) is 0 Å². The Morgan fingerprint density at radius 2 is 1.19 bits per heavy atom. The summed E-state index contributed by atoms with van der Waals surface area (Å²) in [6.45, 7) is 22.5. The highest BCUT2D eigenvalue weighted by atomic mass is 19.4. The number of amides is 1. The molecule has 278 valence electrons. The Kier molecular flexibility index (Phi) is 13.4. The molecule has 15 heteroatoms. The van der Waals surface area contributed by atoms with Crippen molar-refractivity contribution >= 4 is 12.1 Å². The molecule has 48 heavy (non-hydrogen) atoms. The maximum atomic E-state index is 12.1. The van der Waals surface area contributed by atoms with E-state index >= 15 is 0 Å². The van der Waals surface area contributed by atoms with E-state index in [2.05, 4.69) is 39.0 Å². The monoisotopic (exact) mass is 692 g/mol. The SMILES string of the molecule is CN1CCC(CN2CCOC3(C2)CN(C(=O)OC(C)(C)C)C3)CC1.CN1CCC(CN2CCOC3(CNC3)C2)CC1.O=C(O)C(F)(F)F. The van der Waals surface area contributed by atoms with Crippen molar-refractivity contribution < 1.29 is 42.1 Å². The molecule has 0 unspecified atom stereocenters. The minimum absolute atomic E-state index is 0.166. The molecule has 0 aromatic carbocycles. The molecule has 0 bridgehead atoms. The number of piperidine rings is 2. The van der Waals surface area contributed by atoms with Gasteiger partial charge in [0.25, 0.3) is 0 Å². The molecule has 0 aromatic heterocycles. The summed E-state index contributed by atoms with van der Waals surface area (Å²) in [6, 6.07) is 0. The van der Waals surface area contributed by atoms with Crippen LogP contribution in [0.15, 0.2) is 0 Å². The summed E-state index contributed by atoms with van der Waals surface area (Å²) in [5.74, 6) is -1.04. The molecular weight excluding hydrogens is 633 g/mol. The number of carbonyl (C=O) groups is 2. The number of likely N-dealkylation sites (tertiary alicyclic amines) is 3. The van der Waals surface area contributed by atoms with Crippen LogP contribution >= 0.6 is 0 Å². The van der Waals surface area contributed by atoms with E-state index in [0.29, 0.717) is 13.1 Å². The molecule has 2 spiro atoms. The Balaban J connectivity index is 0.000000188. The molecular formula is C33H59F3N6O6. The quantitative estimate of drug-likeness (QED) is 0.453. The van der Waals surface area contributed by atoms with E-state index in [4.69, 9.17) is 24.1 Å². The average molecular weight is 693 g/mol. The van der Waals surface area contributed by atoms with Gasteiger partial charge < -0.3 is 39.3 Å². The van der Waals surface area contributed by atoms with Gasteiger partial charge in [0.1, 0.15) is 16.8 Å². The maximum absolute atomic E-state index is 12.1. The van der Waals surface area contributed by atoms with Gasteiger partial charge in [-0.1, -0.05) is 0 Å². The highest BCUT2D eigenvalue weighted by Crippen LogP contribution is 2.31. The van der Waals surface area contributed by atoms with Gasteiger partial charge >= 0.3 is 18.2 Å². The lowest BCUT2D eigenvalue weighted by Gasteiger charge is -2.54. The van der Waals surface area contributed by atoms with Crippen molar-refractivity contribution in [2.24, 2.45) is 11.8 Å². The van der Waals surface area contributed by atoms with Crippen molar-refractivity contribution in [1.82, 2.24) is 29.8 Å². The summed E-state index contributed by atoms with van der Waals surface area (Å²) in [5.41, 5.74) is -0.433. The molecule has 6 rings (SSSR count). The predicted octanol–water partition coefficient (Wildman–Crippen LogP) is 2.29. The number of nitrogens with one attached hydrogen (secondary N) is 1. The Hall–Kier alpha value is -1.75. The Labute approximate surface area is 284 Å². The zero-order valence-electron chi connectivity index (χ0n) is 29.7. The normalized spacial score (nSPS) is 26.0. The average Bonchev–Trinajstić information content (AvgIpc) is 2.97. The molecule has 0 radical (unpaired) electrons. The lowest BCUT2D eigenvalue weighted by atomic mass is 9.90. The van der Waals surface area contributed by atoms with Crippen molar-refractivity contribution in [2.75, 3.05) is 119 Å². The Morgan fingerprint density at radius 3 is 1.56 bits per heavy atom. The number of carboxylic acids is 1. The van der Waals surface area contributed by atoms with Gasteiger partial charge in [-0.3, -0.25) is 9.80 Å². The van der Waals surface area contributed by atoms with E-state index in [9.17, 15) is 18.0 Å². The number of hydrogen-bond acceptors (Lipinski definition) is 10. The number of nitrogens with zero attached hydrogens (tertiary/aromatic N) is 5. The van der Waals surface area contributed by atoms with Gasteiger partial charge in [0.2, 0.25) is 0 Å². The first-order chi connectivity index (χ1) is 22.4. The van der Waals surface area contributed by atoms with E-state index in [1.165, 1.54) is 65.0 Å². The van der Waals surface area contributed by atoms with Crippen LogP contribution in [0.25, 0.3) is 0 Å². The molecule has 1 amide bonds. The van der Waals surface area contributed by atoms with E-state index in [1.54, 1.807) is 4.90 Å². The number of halogens is 3. The minimum atomic E-state index is -5.08. The fraction of sp³-hybridized carbons (Fsp3) is 0.939. The number of ether oxygens (including phenoxy) is 3. The van der Waals surface area contributed by atoms with Gasteiger partial charge in [0.15, 0.2) is 0 Å². The fourth-order valence-corrected chi connectivity index (χ4v) is 7.29. The lowest BCUT2D eigenvalue weighted by molar-refractivity contribution is -0.192. The zero-order chi connectivity index (χ0) is 35.2. The van der Waals surface area contributed by atoms with Crippen LogP contribution in [0.5, 0.6) is 0 Å². The van der Waals surface area contributed by atoms with Crippen LogP contribution < -0.4 is 5.32 Å². The third-order valence-electron chi connectivity index (χ3n) is 10.1. The van der Waals surface area contributed by atoms with Gasteiger partial charge in [0, 0.05) is 52.4 Å². The van der Waals surface area contributed by atoms with Crippen molar-refractivity contribution in [1.29, 1.82) is 0 Å². The van der Waals surface area contributed by atoms with Gasteiger partial charge in [-0.15, -0.1) is 0 Å². The third-order valence-corrected chi connectivity index (χ3v) is 10.1. The van der Waals surface area contributed by atoms with Crippen molar-refractivity contribution in [3.05, 3.63) is 0 Å². The molecule has 6 saturated heterocycles. The molecule has 6 fully saturated rings. The molecule has 2 N–H and O–H groups in total. The van der Waals surface area contributed by atoms with Gasteiger partial charge in [0.05, 0.1) is 26.3 Å². The number of rotatable bonds is 4. The molecule has 6 aliphatic heterocycles. The van der Waals surface area contributed by atoms with Crippen LogP contribution in [0.4, 0.5) is 18.0 Å².